The monoisotopic (exact) mass is 310 g/mol. The van der Waals surface area contributed by atoms with Crippen molar-refractivity contribution in [2.24, 2.45) is 0 Å². The smallest absolute Gasteiger partial charge is 0.306 e. The van der Waals surface area contributed by atoms with Gasteiger partial charge in [0.05, 0.1) is 0 Å². The van der Waals surface area contributed by atoms with E-state index in [0.717, 1.165) is 31.3 Å². The largest absolute Gasteiger partial charge is 0.461 e. The molecule has 0 heterocycles. The van der Waals surface area contributed by atoms with Crippen molar-refractivity contribution in [1.82, 2.24) is 0 Å². The molecule has 1 atom stereocenters. The molecular weight excluding hydrogens is 280 g/mol. The zero-order valence-electron chi connectivity index (χ0n) is 14.2. The molecule has 0 aliphatic heterocycles. The molecule has 4 nitrogen and oxygen atoms in total. The lowest BCUT2D eigenvalue weighted by molar-refractivity contribution is -0.147. The van der Waals surface area contributed by atoms with Gasteiger partial charge in [-0.3, -0.25) is 9.59 Å². The Hall–Kier alpha value is -1.58. The number of hydrogen-bond acceptors (Lipinski definition) is 4. The Bertz CT molecular complexity index is 367. The SMILES string of the molecule is C=CC(CCCCC)OC(=O)CCCC(=O)OCC=C(C)C. The van der Waals surface area contributed by atoms with E-state index < -0.39 is 0 Å². The Morgan fingerprint density at radius 3 is 2.36 bits per heavy atom. The van der Waals surface area contributed by atoms with E-state index in [1.54, 1.807) is 6.08 Å². The van der Waals surface area contributed by atoms with Crippen LogP contribution in [0.5, 0.6) is 0 Å². The minimum absolute atomic E-state index is 0.219. The molecule has 0 spiro atoms. The quantitative estimate of drug-likeness (QED) is 0.305. The van der Waals surface area contributed by atoms with Crippen LogP contribution in [0.3, 0.4) is 0 Å². The molecule has 0 aromatic rings. The Kier molecular flexibility index (Phi) is 12.2. The zero-order chi connectivity index (χ0) is 16.8. The molecule has 0 fully saturated rings. The maximum atomic E-state index is 11.7. The Morgan fingerprint density at radius 2 is 1.77 bits per heavy atom. The number of carbonyl (C=O) groups is 2. The average Bonchev–Trinajstić information content (AvgIpc) is 2.46. The molecule has 22 heavy (non-hydrogen) atoms. The van der Waals surface area contributed by atoms with Gasteiger partial charge in [0.2, 0.25) is 0 Å². The van der Waals surface area contributed by atoms with Crippen LogP contribution >= 0.6 is 0 Å². The van der Waals surface area contributed by atoms with Gasteiger partial charge in [0.1, 0.15) is 12.7 Å². The van der Waals surface area contributed by atoms with E-state index >= 15 is 0 Å². The number of ether oxygens (including phenoxy) is 2. The van der Waals surface area contributed by atoms with Gasteiger partial charge < -0.3 is 9.47 Å². The van der Waals surface area contributed by atoms with Crippen molar-refractivity contribution in [3.8, 4) is 0 Å². The number of esters is 2. The first kappa shape index (κ1) is 20.4. The van der Waals surface area contributed by atoms with Crippen LogP contribution in [0.15, 0.2) is 24.3 Å². The van der Waals surface area contributed by atoms with Crippen LogP contribution in [0.4, 0.5) is 0 Å². The molecule has 0 aromatic heterocycles. The third-order valence-electron chi connectivity index (χ3n) is 3.14. The molecule has 0 rings (SSSR count). The topological polar surface area (TPSA) is 52.6 Å². The second-order valence-electron chi connectivity index (χ2n) is 5.58. The van der Waals surface area contributed by atoms with E-state index in [0.29, 0.717) is 13.0 Å². The zero-order valence-corrected chi connectivity index (χ0v) is 14.2. The van der Waals surface area contributed by atoms with Crippen LogP contribution < -0.4 is 0 Å². The van der Waals surface area contributed by atoms with Gasteiger partial charge in [-0.25, -0.2) is 0 Å². The highest BCUT2D eigenvalue weighted by Crippen LogP contribution is 2.10. The number of hydrogen-bond donors (Lipinski definition) is 0. The average molecular weight is 310 g/mol. The van der Waals surface area contributed by atoms with Crippen LogP contribution in [0.2, 0.25) is 0 Å². The van der Waals surface area contributed by atoms with Crippen molar-refractivity contribution in [3.05, 3.63) is 24.3 Å². The van der Waals surface area contributed by atoms with Gasteiger partial charge in [0.25, 0.3) is 0 Å². The Labute approximate surface area is 134 Å². The standard InChI is InChI=1S/C18H30O4/c1-5-7-8-10-16(6-2)22-18(20)12-9-11-17(19)21-14-13-15(3)4/h6,13,16H,2,5,7-12,14H2,1,3-4H3. The van der Waals surface area contributed by atoms with Crippen LogP contribution in [0, 0.1) is 0 Å². The van der Waals surface area contributed by atoms with Gasteiger partial charge in [-0.2, -0.15) is 0 Å². The second-order valence-corrected chi connectivity index (χ2v) is 5.58. The van der Waals surface area contributed by atoms with Crippen LogP contribution in [0.25, 0.3) is 0 Å². The fourth-order valence-corrected chi connectivity index (χ4v) is 1.80. The summed E-state index contributed by atoms with van der Waals surface area (Å²) in [7, 11) is 0. The first-order valence-corrected chi connectivity index (χ1v) is 8.10. The van der Waals surface area contributed by atoms with E-state index in [1.165, 1.54) is 0 Å². The predicted molar refractivity (Wildman–Crippen MR) is 88.5 cm³/mol. The number of carbonyl (C=O) groups excluding carboxylic acids is 2. The van der Waals surface area contributed by atoms with Crippen molar-refractivity contribution in [2.75, 3.05) is 6.61 Å². The summed E-state index contributed by atoms with van der Waals surface area (Å²) in [5.74, 6) is -0.563. The number of unbranched alkanes of at least 4 members (excludes halogenated alkanes) is 2. The second kappa shape index (κ2) is 13.1. The molecule has 4 heteroatoms. The Balaban J connectivity index is 3.81. The molecular formula is C18H30O4. The number of allylic oxidation sites excluding steroid dienone is 1. The summed E-state index contributed by atoms with van der Waals surface area (Å²) in [5.41, 5.74) is 1.11. The Morgan fingerprint density at radius 1 is 1.09 bits per heavy atom. The van der Waals surface area contributed by atoms with Gasteiger partial charge in [0.15, 0.2) is 0 Å². The summed E-state index contributed by atoms with van der Waals surface area (Å²) >= 11 is 0. The fourth-order valence-electron chi connectivity index (χ4n) is 1.80. The van der Waals surface area contributed by atoms with Crippen molar-refractivity contribution >= 4 is 11.9 Å². The number of rotatable bonds is 12. The third kappa shape index (κ3) is 12.2. The third-order valence-corrected chi connectivity index (χ3v) is 3.14. The van der Waals surface area contributed by atoms with E-state index in [9.17, 15) is 9.59 Å². The summed E-state index contributed by atoms with van der Waals surface area (Å²) in [6.07, 6.45) is 8.31. The first-order chi connectivity index (χ1) is 10.5. The summed E-state index contributed by atoms with van der Waals surface area (Å²) in [4.78, 5) is 23.1. The summed E-state index contributed by atoms with van der Waals surface area (Å²) in [6, 6.07) is 0. The van der Waals surface area contributed by atoms with Crippen LogP contribution in [-0.2, 0) is 19.1 Å². The molecule has 126 valence electrons. The predicted octanol–water partition coefficient (Wildman–Crippen LogP) is 4.34. The van der Waals surface area contributed by atoms with Gasteiger partial charge in [-0.1, -0.05) is 38.0 Å². The normalized spacial score (nSPS) is 11.4. The molecule has 1 unspecified atom stereocenters. The van der Waals surface area contributed by atoms with E-state index in [-0.39, 0.29) is 30.9 Å². The lowest BCUT2D eigenvalue weighted by Crippen LogP contribution is -2.16. The maximum absolute atomic E-state index is 11.7. The van der Waals surface area contributed by atoms with Gasteiger partial charge in [-0.05, 0) is 39.2 Å². The molecule has 0 amide bonds. The van der Waals surface area contributed by atoms with Crippen molar-refractivity contribution < 1.29 is 19.1 Å². The van der Waals surface area contributed by atoms with Gasteiger partial charge in [-0.15, -0.1) is 0 Å². The van der Waals surface area contributed by atoms with Crippen LogP contribution in [0.1, 0.15) is 65.7 Å². The molecule has 0 bridgehead atoms. The van der Waals surface area contributed by atoms with Crippen molar-refractivity contribution in [2.45, 2.75) is 71.8 Å². The maximum Gasteiger partial charge on any atom is 0.306 e. The molecule has 0 saturated heterocycles. The highest BCUT2D eigenvalue weighted by atomic mass is 16.5. The van der Waals surface area contributed by atoms with Crippen LogP contribution in [-0.4, -0.2) is 24.6 Å². The van der Waals surface area contributed by atoms with E-state index in [2.05, 4.69) is 13.5 Å². The molecule has 0 N–H and O–H groups in total. The van der Waals surface area contributed by atoms with E-state index in [1.807, 2.05) is 19.9 Å². The molecule has 0 aromatic carbocycles. The molecule has 0 radical (unpaired) electrons. The lowest BCUT2D eigenvalue weighted by Gasteiger charge is -2.13. The summed E-state index contributed by atoms with van der Waals surface area (Å²) in [6.45, 7) is 10.0. The minimum Gasteiger partial charge on any atom is -0.461 e. The minimum atomic E-state index is -0.284. The first-order valence-electron chi connectivity index (χ1n) is 8.10. The molecule has 0 saturated carbocycles. The molecule has 0 aliphatic rings. The lowest BCUT2D eigenvalue weighted by atomic mass is 10.1. The van der Waals surface area contributed by atoms with Gasteiger partial charge >= 0.3 is 11.9 Å². The highest BCUT2D eigenvalue weighted by molar-refractivity contribution is 5.72. The summed E-state index contributed by atoms with van der Waals surface area (Å²) < 4.78 is 10.3. The van der Waals surface area contributed by atoms with E-state index in [4.69, 9.17) is 9.47 Å². The van der Waals surface area contributed by atoms with Gasteiger partial charge in [0, 0.05) is 12.8 Å². The van der Waals surface area contributed by atoms with Crippen molar-refractivity contribution in [1.29, 1.82) is 0 Å². The molecule has 0 aliphatic carbocycles. The fraction of sp³-hybridized carbons (Fsp3) is 0.667. The van der Waals surface area contributed by atoms with Crippen molar-refractivity contribution in [3.63, 3.8) is 0 Å². The summed E-state index contributed by atoms with van der Waals surface area (Å²) in [5, 5.41) is 0. The highest BCUT2D eigenvalue weighted by Gasteiger charge is 2.12.